The van der Waals surface area contributed by atoms with E-state index in [9.17, 15) is 18.1 Å². The van der Waals surface area contributed by atoms with Gasteiger partial charge in [0.25, 0.3) is 5.56 Å². The number of hydrogen-bond donors (Lipinski definition) is 2. The fraction of sp³-hybridized carbons (Fsp3) is 0.519. The van der Waals surface area contributed by atoms with Crippen molar-refractivity contribution in [2.45, 2.75) is 70.0 Å². The number of nitrogens with two attached hydrogens (primary N) is 1. The van der Waals surface area contributed by atoms with Gasteiger partial charge in [-0.05, 0) is 48.3 Å². The van der Waals surface area contributed by atoms with Crippen LogP contribution in [0.3, 0.4) is 0 Å². The molecule has 5 atom stereocenters. The van der Waals surface area contributed by atoms with Crippen molar-refractivity contribution >= 4 is 33.3 Å². The topological polar surface area (TPSA) is 144 Å². The summed E-state index contributed by atoms with van der Waals surface area (Å²) in [6.45, 7) is 14.8. The number of nitrogens with zero attached hydrogens (tertiary/aromatic N) is 3. The Balaban J connectivity index is 1.42. The molecule has 1 saturated heterocycles. The molecule has 11 nitrogen and oxygen atoms in total. The van der Waals surface area contributed by atoms with Crippen molar-refractivity contribution in [2.75, 3.05) is 18.9 Å². The highest BCUT2D eigenvalue weighted by Crippen LogP contribution is 2.58. The Bertz CT molecular complexity index is 1620. The third kappa shape index (κ3) is 5.88. The molecule has 1 aliphatic carbocycles. The summed E-state index contributed by atoms with van der Waals surface area (Å²) >= 11 is 0. The zero-order valence-corrected chi connectivity index (χ0v) is 26.1. The normalized spacial score (nSPS) is 27.2. The van der Waals surface area contributed by atoms with E-state index >= 15 is 0 Å². The van der Waals surface area contributed by atoms with E-state index in [4.69, 9.17) is 23.7 Å². The Kier molecular flexibility index (Phi) is 8.09. The average molecular weight is 624 g/mol. The molecule has 3 N–H and O–H groups in total. The summed E-state index contributed by atoms with van der Waals surface area (Å²) in [7, 11) is -6.46. The van der Waals surface area contributed by atoms with Crippen molar-refractivity contribution < 1.29 is 31.3 Å². The number of anilines is 1. The number of halogens is 2. The lowest BCUT2D eigenvalue weighted by Crippen LogP contribution is -2.45. The summed E-state index contributed by atoms with van der Waals surface area (Å²) in [5.41, 5.74) is 6.44. The van der Waals surface area contributed by atoms with Gasteiger partial charge in [0.2, 0.25) is 5.95 Å². The number of nitrogen functional groups attached to an aromatic ring is 1. The summed E-state index contributed by atoms with van der Waals surface area (Å²) in [6.07, 6.45) is 0.746. The van der Waals surface area contributed by atoms with Gasteiger partial charge in [0.1, 0.15) is 11.6 Å². The van der Waals surface area contributed by atoms with Crippen LogP contribution in [0.25, 0.3) is 11.2 Å². The van der Waals surface area contributed by atoms with Crippen LogP contribution in [-0.4, -0.2) is 47.2 Å². The van der Waals surface area contributed by atoms with Gasteiger partial charge in [0.05, 0.1) is 37.8 Å². The third-order valence-electron chi connectivity index (χ3n) is 8.45. The van der Waals surface area contributed by atoms with Gasteiger partial charge in [-0.2, -0.15) is 4.98 Å². The maximum atomic E-state index is 14.4. The number of H-pyrrole nitrogens is 1. The molecule has 228 valence electrons. The van der Waals surface area contributed by atoms with Crippen LogP contribution in [0.15, 0.2) is 41.5 Å². The minimum Gasteiger partial charge on any atom is -0.413 e. The molecule has 0 radical (unpaired) electrons. The number of rotatable bonds is 7. The van der Waals surface area contributed by atoms with Crippen molar-refractivity contribution in [3.8, 4) is 0 Å². The third-order valence-corrected chi connectivity index (χ3v) is 14.4. The van der Waals surface area contributed by atoms with Crippen LogP contribution in [0, 0.1) is 17.6 Å². The van der Waals surface area contributed by atoms with E-state index < -0.39 is 51.5 Å². The molecule has 2 aromatic heterocycles. The first-order valence-electron chi connectivity index (χ1n) is 13.7. The molecule has 0 amide bonds. The Hall–Kier alpha value is -2.74. The molecular formula is C27H36F2N5O6PSi. The molecule has 1 saturated carbocycles. The predicted octanol–water partition coefficient (Wildman–Crippen LogP) is 5.79. The van der Waals surface area contributed by atoms with Gasteiger partial charge in [-0.1, -0.05) is 27.4 Å². The minimum atomic E-state index is -4.16. The molecule has 42 heavy (non-hydrogen) atoms. The van der Waals surface area contributed by atoms with E-state index in [1.807, 2.05) is 0 Å². The average Bonchev–Trinajstić information content (AvgIpc) is 3.43. The van der Waals surface area contributed by atoms with Crippen molar-refractivity contribution in [1.29, 1.82) is 0 Å². The minimum absolute atomic E-state index is 0.0291. The van der Waals surface area contributed by atoms with Gasteiger partial charge in [0.15, 0.2) is 19.5 Å². The fourth-order valence-corrected chi connectivity index (χ4v) is 7.88. The van der Waals surface area contributed by atoms with Crippen molar-refractivity contribution in [1.82, 2.24) is 19.5 Å². The number of hydrogen-bond acceptors (Lipinski definition) is 9. The van der Waals surface area contributed by atoms with E-state index in [1.165, 1.54) is 6.33 Å². The molecule has 1 aromatic carbocycles. The molecule has 1 aliphatic heterocycles. The van der Waals surface area contributed by atoms with Gasteiger partial charge in [-0.3, -0.25) is 23.3 Å². The summed E-state index contributed by atoms with van der Waals surface area (Å²) < 4.78 is 67.3. The molecule has 0 spiro atoms. The zero-order chi connectivity index (χ0) is 30.6. The lowest BCUT2D eigenvalue weighted by atomic mass is 10.0. The summed E-state index contributed by atoms with van der Waals surface area (Å²) in [4.78, 5) is 23.4. The van der Waals surface area contributed by atoms with Gasteiger partial charge in [0, 0.05) is 17.9 Å². The number of fused-ring (bicyclic) bond motifs is 1. The van der Waals surface area contributed by atoms with Crippen LogP contribution < -0.4 is 11.3 Å². The first-order valence-corrected chi connectivity index (χ1v) is 18.1. The van der Waals surface area contributed by atoms with Crippen LogP contribution >= 0.6 is 7.82 Å². The second-order valence-corrected chi connectivity index (χ2v) is 18.6. The van der Waals surface area contributed by atoms with Crippen molar-refractivity contribution in [3.05, 3.63) is 64.2 Å². The quantitative estimate of drug-likeness (QED) is 0.190. The Morgan fingerprint density at radius 1 is 1.31 bits per heavy atom. The second kappa shape index (κ2) is 11.1. The molecule has 3 aromatic rings. The van der Waals surface area contributed by atoms with E-state index in [0.29, 0.717) is 17.6 Å². The summed E-state index contributed by atoms with van der Waals surface area (Å²) in [6, 6.07) is 2.64. The van der Waals surface area contributed by atoms with Gasteiger partial charge >= 0.3 is 7.82 Å². The molecule has 5 rings (SSSR count). The van der Waals surface area contributed by atoms with Gasteiger partial charge in [-0.25, -0.2) is 18.3 Å². The SMILES string of the molecule is C=C1[C@H](CO[P@]2(=O)OCC[C@H](c3cc(F)ccc3F)O2)[C@@H](O[Si](C)(C)C(C)(C)C)C[C@@H]1n1cnc2c(=O)[nH]c(N)nc21. The summed E-state index contributed by atoms with van der Waals surface area (Å²) in [5.74, 6) is -1.81. The number of nitrogens with one attached hydrogen (secondary N) is 1. The maximum absolute atomic E-state index is 14.4. The highest BCUT2D eigenvalue weighted by atomic mass is 31.2. The molecule has 2 aliphatic rings. The molecule has 3 heterocycles. The Labute approximate surface area is 243 Å². The van der Waals surface area contributed by atoms with Crippen LogP contribution in [0.1, 0.15) is 51.3 Å². The number of aromatic amines is 1. The highest BCUT2D eigenvalue weighted by Gasteiger charge is 2.48. The van der Waals surface area contributed by atoms with Crippen LogP contribution in [0.5, 0.6) is 0 Å². The van der Waals surface area contributed by atoms with Gasteiger partial charge in [-0.15, -0.1) is 0 Å². The Morgan fingerprint density at radius 3 is 2.76 bits per heavy atom. The number of phosphoric acid groups is 1. The zero-order valence-electron chi connectivity index (χ0n) is 24.2. The van der Waals surface area contributed by atoms with Crippen LogP contribution in [-0.2, 0) is 22.6 Å². The smallest absolute Gasteiger partial charge is 0.413 e. The molecule has 0 unspecified atom stereocenters. The first kappa shape index (κ1) is 30.7. The lowest BCUT2D eigenvalue weighted by molar-refractivity contribution is 0.0163. The van der Waals surface area contributed by atoms with Crippen LogP contribution in [0.4, 0.5) is 14.7 Å². The standard InChI is InChI=1S/C27H36F2N5O6PSi/c1-15-18(13-38-41(36)37-10-9-21(39-41)17-11-16(28)7-8-19(17)29)22(40-42(5,6)27(2,3)4)12-20(15)34-14-31-23-24(34)32-26(30)33-25(23)35/h7-8,11,14,18,20-22H,1,9-10,12-13H2,2-6H3,(H3,30,32,33,35)/t18-,20-,21+,22-,41-/m0/s1. The first-order chi connectivity index (χ1) is 19.6. The molecule has 15 heteroatoms. The van der Waals surface area contributed by atoms with E-state index in [2.05, 4.69) is 55.4 Å². The fourth-order valence-electron chi connectivity index (χ4n) is 5.11. The summed E-state index contributed by atoms with van der Waals surface area (Å²) in [5, 5.41) is -0.104. The predicted molar refractivity (Wildman–Crippen MR) is 155 cm³/mol. The van der Waals surface area contributed by atoms with E-state index in [0.717, 1.165) is 18.2 Å². The maximum Gasteiger partial charge on any atom is 0.475 e. The monoisotopic (exact) mass is 623 g/mol. The van der Waals surface area contributed by atoms with Crippen LogP contribution in [0.2, 0.25) is 18.1 Å². The largest absolute Gasteiger partial charge is 0.475 e. The van der Waals surface area contributed by atoms with E-state index in [1.54, 1.807) is 4.57 Å². The van der Waals surface area contributed by atoms with Gasteiger partial charge < -0.3 is 14.7 Å². The molecule has 2 fully saturated rings. The second-order valence-electron chi connectivity index (χ2n) is 12.2. The molecular weight excluding hydrogens is 587 g/mol. The lowest BCUT2D eigenvalue weighted by Gasteiger charge is -2.40. The van der Waals surface area contributed by atoms with Crippen molar-refractivity contribution in [3.63, 3.8) is 0 Å². The van der Waals surface area contributed by atoms with E-state index in [-0.39, 0.29) is 47.7 Å². The number of aromatic nitrogens is 4. The number of imidazole rings is 1. The van der Waals surface area contributed by atoms with Crippen molar-refractivity contribution in [2.24, 2.45) is 5.92 Å². The highest BCUT2D eigenvalue weighted by molar-refractivity contribution is 7.48. The molecule has 0 bridgehead atoms. The number of phosphoric ester groups is 1. The number of benzene rings is 1. The Morgan fingerprint density at radius 2 is 2.05 bits per heavy atom.